The number of nitriles is 1. The SMILES string of the molecule is C[C@H](N)CC(=O)N1CCC[C@H]1C(=O)N[C@@H](Cc1ccc(O)cc1)C(=O)N[C@H]1CSSC[C@@H](C(N)=O)NC(=O)[C@H](CCC(=O)O)NC(=O)[C@H](Cc2c[nH]c3ccccc23)NC(=O)CCCCCNC(=O)[C@H](CCCN=C(N)N)NC(=O)[C@H](Cc2ccccc2C#N)NC(=O)[C@H](C2CCCC2)NC1=O. The van der Waals surface area contributed by atoms with Crippen molar-refractivity contribution < 1.29 is 67.7 Å². The molecule has 2 saturated heterocycles. The van der Waals surface area contributed by atoms with E-state index in [1.54, 1.807) is 43.5 Å². The zero-order valence-corrected chi connectivity index (χ0v) is 58.5. The zero-order chi connectivity index (χ0) is 73.8. The molecule has 3 fully saturated rings. The molecule has 3 aliphatic rings. The summed E-state index contributed by atoms with van der Waals surface area (Å²) in [6, 6.07) is 8.37. The molecule has 0 radical (unpaired) electrons. The molecule has 1 saturated carbocycles. The average Bonchev–Trinajstić information content (AvgIpc) is 1.75. The number of nitrogens with two attached hydrogens (primary N) is 4. The molecule has 33 heteroatoms. The number of carboxylic acids is 1. The molecule has 0 spiro atoms. The Labute approximate surface area is 598 Å². The lowest BCUT2D eigenvalue weighted by Crippen LogP contribution is -2.61. The summed E-state index contributed by atoms with van der Waals surface area (Å²) in [6.45, 7) is 2.05. The van der Waals surface area contributed by atoms with E-state index in [4.69, 9.17) is 22.9 Å². The molecule has 3 heterocycles. The molecular formula is C69H93N17O14S2. The van der Waals surface area contributed by atoms with E-state index in [2.05, 4.69) is 63.9 Å². The van der Waals surface area contributed by atoms with Gasteiger partial charge in [-0.3, -0.25) is 62.5 Å². The molecular weight excluding hydrogens is 1350 g/mol. The first-order valence-corrected chi connectivity index (χ1v) is 36.7. The van der Waals surface area contributed by atoms with E-state index in [-0.39, 0.29) is 112 Å². The maximum absolute atomic E-state index is 15.3. The lowest BCUT2D eigenvalue weighted by Gasteiger charge is -2.30. The molecule has 2 aliphatic heterocycles. The molecule has 0 bridgehead atoms. The summed E-state index contributed by atoms with van der Waals surface area (Å²) in [7, 11) is 1.82. The van der Waals surface area contributed by atoms with Gasteiger partial charge in [0.15, 0.2) is 5.96 Å². The van der Waals surface area contributed by atoms with Crippen LogP contribution >= 0.6 is 21.6 Å². The number of primary amides is 1. The molecule has 3 aromatic carbocycles. The standard InChI is InChI=1S/C69H93N17O14S2/c1-39(71)31-57(89)86-30-12-20-55(86)67(99)81-50(32-40-22-24-45(87)25-23-40)63(95)84-54-38-102-101-37-53(60(72)92)83-62(94)49(26-27-58(90)91)80-64(96)51(34-44-36-77-47-18-9-8-17-46(44)47)78-56(88)21-3-2-10-28-75-61(93)48(19-11-29-76-69(73)74)79-65(97)52(33-42-15-6-7-16-43(42)35-70)82-68(100)59(85-66(54)98)41-13-4-5-14-41/h6-9,15-18,22-25,36,39,41,48-55,59,77,87H,2-5,10-14,19-21,26-34,37-38,71H2,1H3,(H2,72,92)(H,75,93)(H,78,88)(H,79,97)(H,80,96)(H,81,99)(H,82,100)(H,83,94)(H,84,95)(H,85,98)(H,90,91)(H4,73,74,76)/t39-,48-,49-,50-,51-,52-,53-,54-,55-,59-/m0/s1. The maximum atomic E-state index is 15.3. The number of fused-ring (bicyclic) bond motifs is 1. The Kier molecular flexibility index (Phi) is 31.1. The van der Waals surface area contributed by atoms with Crippen molar-refractivity contribution in [3.05, 3.63) is 101 Å². The zero-order valence-electron chi connectivity index (χ0n) is 56.9. The van der Waals surface area contributed by atoms with E-state index in [0.717, 1.165) is 32.5 Å². The Bertz CT molecular complexity index is 3690. The van der Waals surface area contributed by atoms with Crippen LogP contribution in [0.5, 0.6) is 5.75 Å². The topological polar surface area (TPSA) is 513 Å². The van der Waals surface area contributed by atoms with Crippen LogP contribution < -0.4 is 70.8 Å². The molecule has 10 atom stereocenters. The van der Waals surface area contributed by atoms with Gasteiger partial charge in [-0.25, -0.2) is 0 Å². The summed E-state index contributed by atoms with van der Waals surface area (Å²) in [5.74, 6) is -11.5. The Morgan fingerprint density at radius 2 is 1.37 bits per heavy atom. The highest BCUT2D eigenvalue weighted by Gasteiger charge is 2.40. The second-order valence-electron chi connectivity index (χ2n) is 25.8. The minimum atomic E-state index is -1.60. The number of benzene rings is 3. The van der Waals surface area contributed by atoms with E-state index in [9.17, 15) is 58.6 Å². The Morgan fingerprint density at radius 1 is 0.716 bits per heavy atom. The lowest BCUT2D eigenvalue weighted by molar-refractivity contribution is -0.140. The van der Waals surface area contributed by atoms with Crippen molar-refractivity contribution in [3.63, 3.8) is 0 Å². The first-order chi connectivity index (χ1) is 48.9. The van der Waals surface area contributed by atoms with Crippen molar-refractivity contribution >= 4 is 109 Å². The quantitative estimate of drug-likeness (QED) is 0.0227. The van der Waals surface area contributed by atoms with Gasteiger partial charge in [-0.2, -0.15) is 5.26 Å². The number of para-hydroxylation sites is 1. The smallest absolute Gasteiger partial charge is 0.303 e. The Hall–Kier alpha value is -9.94. The van der Waals surface area contributed by atoms with Crippen molar-refractivity contribution in [2.45, 2.75) is 183 Å². The van der Waals surface area contributed by atoms with Crippen LogP contribution in [-0.2, 0) is 76.8 Å². The number of hydrogen-bond acceptors (Lipinski definition) is 18. The summed E-state index contributed by atoms with van der Waals surface area (Å²) < 4.78 is 0. The first kappa shape index (κ1) is 79.4. The van der Waals surface area contributed by atoms with E-state index >= 15 is 14.4 Å². The van der Waals surface area contributed by atoms with Crippen molar-refractivity contribution in [1.82, 2.24) is 57.7 Å². The highest BCUT2D eigenvalue weighted by Crippen LogP contribution is 2.30. The molecule has 31 nitrogen and oxygen atoms in total. The van der Waals surface area contributed by atoms with Crippen LogP contribution in [0.3, 0.4) is 0 Å². The fourth-order valence-corrected chi connectivity index (χ4v) is 14.8. The average molecular weight is 1450 g/mol. The van der Waals surface area contributed by atoms with E-state index in [1.807, 2.05) is 12.1 Å². The highest BCUT2D eigenvalue weighted by molar-refractivity contribution is 8.76. The van der Waals surface area contributed by atoms with Gasteiger partial charge in [0.25, 0.3) is 0 Å². The molecule has 0 unspecified atom stereocenters. The largest absolute Gasteiger partial charge is 0.508 e. The number of aromatic nitrogens is 1. The number of nitrogens with zero attached hydrogens (tertiary/aromatic N) is 3. The number of rotatable bonds is 21. The number of hydrogen-bond donors (Lipinski definition) is 16. The predicted molar refractivity (Wildman–Crippen MR) is 381 cm³/mol. The van der Waals surface area contributed by atoms with Crippen LogP contribution in [0.1, 0.15) is 125 Å². The van der Waals surface area contributed by atoms with Crippen LogP contribution in [0.25, 0.3) is 10.9 Å². The number of nitrogens with one attached hydrogen (secondary N) is 10. The monoisotopic (exact) mass is 1450 g/mol. The second-order valence-corrected chi connectivity index (χ2v) is 28.4. The van der Waals surface area contributed by atoms with Gasteiger partial charge >= 0.3 is 5.97 Å². The number of amides is 11. The number of carboxylic acid groups (broad SMARTS) is 1. The van der Waals surface area contributed by atoms with Gasteiger partial charge in [-0.15, -0.1) is 0 Å². The fourth-order valence-electron chi connectivity index (χ4n) is 12.4. The molecule has 4 aromatic rings. The molecule has 7 rings (SSSR count). The minimum absolute atomic E-state index is 0.00189. The van der Waals surface area contributed by atoms with Gasteiger partial charge in [0.05, 0.1) is 11.6 Å². The van der Waals surface area contributed by atoms with Gasteiger partial charge in [-0.1, -0.05) is 89.4 Å². The number of phenolic OH excluding ortho intramolecular Hbond substituents is 1. The van der Waals surface area contributed by atoms with Crippen LogP contribution in [0.4, 0.5) is 0 Å². The summed E-state index contributed by atoms with van der Waals surface area (Å²) in [5.41, 5.74) is 25.4. The fraction of sp³-hybridized carbons (Fsp3) is 0.507. The number of aliphatic imine (C=N–C) groups is 1. The molecule has 11 amide bonds. The number of carbonyl (C=O) groups excluding carboxylic acids is 11. The number of phenols is 1. The van der Waals surface area contributed by atoms with E-state index < -0.39 is 144 Å². The predicted octanol–water partition coefficient (Wildman–Crippen LogP) is 0.0453. The summed E-state index contributed by atoms with van der Waals surface area (Å²) >= 11 is 0. The molecule has 1 aromatic heterocycles. The van der Waals surface area contributed by atoms with Gasteiger partial charge in [0.1, 0.15) is 60.1 Å². The van der Waals surface area contributed by atoms with Crippen LogP contribution in [0.15, 0.2) is 84.0 Å². The summed E-state index contributed by atoms with van der Waals surface area (Å²) in [5, 5.41) is 55.7. The summed E-state index contributed by atoms with van der Waals surface area (Å²) in [6.07, 6.45) is 3.96. The van der Waals surface area contributed by atoms with E-state index in [1.165, 1.54) is 35.2 Å². The second kappa shape index (κ2) is 39.9. The Balaban J connectivity index is 1.25. The van der Waals surface area contributed by atoms with Crippen molar-refractivity contribution in [1.29, 1.82) is 5.26 Å². The lowest BCUT2D eigenvalue weighted by atomic mass is 9.95. The molecule has 102 heavy (non-hydrogen) atoms. The normalized spacial score (nSPS) is 22.9. The number of carbonyl (C=O) groups is 12. The number of aliphatic carboxylic acids is 1. The van der Waals surface area contributed by atoms with Crippen LogP contribution in [-0.4, -0.2) is 189 Å². The van der Waals surface area contributed by atoms with Crippen LogP contribution in [0.2, 0.25) is 0 Å². The van der Waals surface area contributed by atoms with Crippen molar-refractivity contribution in [2.75, 3.05) is 31.1 Å². The van der Waals surface area contributed by atoms with Gasteiger partial charge < -0.3 is 90.9 Å². The number of likely N-dealkylation sites (tertiary alicyclic amines) is 1. The molecule has 550 valence electrons. The number of H-pyrrole nitrogens is 1. The highest BCUT2D eigenvalue weighted by atomic mass is 33.1. The number of aromatic hydroxyl groups is 1. The van der Waals surface area contributed by atoms with Crippen molar-refractivity contribution in [2.24, 2.45) is 33.8 Å². The molecule has 1 aliphatic carbocycles. The minimum Gasteiger partial charge on any atom is -0.508 e. The number of guanidine groups is 1. The first-order valence-electron chi connectivity index (χ1n) is 34.2. The maximum Gasteiger partial charge on any atom is 0.303 e. The third-order valence-corrected chi connectivity index (χ3v) is 20.3. The van der Waals surface area contributed by atoms with Gasteiger partial charge in [0.2, 0.25) is 65.0 Å². The summed E-state index contributed by atoms with van der Waals surface area (Å²) in [4.78, 5) is 179. The van der Waals surface area contributed by atoms with Gasteiger partial charge in [-0.05, 0) is 112 Å². The van der Waals surface area contributed by atoms with Gasteiger partial charge in [0, 0.05) is 92.8 Å². The number of aromatic amines is 1. The van der Waals surface area contributed by atoms with Crippen LogP contribution in [0, 0.1) is 17.2 Å². The van der Waals surface area contributed by atoms with Crippen molar-refractivity contribution in [3.8, 4) is 11.8 Å². The molecule has 20 N–H and O–H groups in total. The Morgan fingerprint density at radius 3 is 2.07 bits per heavy atom. The third kappa shape index (κ3) is 24.7. The third-order valence-electron chi connectivity index (χ3n) is 17.9. The van der Waals surface area contributed by atoms with E-state index in [0.29, 0.717) is 61.6 Å².